The van der Waals surface area contributed by atoms with Crippen LogP contribution < -0.4 is 20.4 Å². The topological polar surface area (TPSA) is 241 Å². The standard InChI is InChI=1S/2C4H6O6.Ti/c2*5-1(3(7)8)2(6)4(9)10;/h2*1-2,5-6H,(H,7,8)(H,9,10);/q;;+4/p-4/t2*1-,2-;/m11./s1. The van der Waals surface area contributed by atoms with Gasteiger partial charge < -0.3 is 60.0 Å². The van der Waals surface area contributed by atoms with Crippen LogP contribution in [0, 0.1) is 0 Å². The molecule has 0 heterocycles. The number of aliphatic hydroxyl groups excluding tert-OH is 4. The summed E-state index contributed by atoms with van der Waals surface area (Å²) in [5.41, 5.74) is 0. The van der Waals surface area contributed by atoms with Crippen LogP contribution in [-0.2, 0) is 40.9 Å². The average Bonchev–Trinajstić information content (AvgIpc) is 2.35. The van der Waals surface area contributed by atoms with Gasteiger partial charge in [-0.25, -0.2) is 0 Å². The summed E-state index contributed by atoms with van der Waals surface area (Å²) in [7, 11) is 0. The van der Waals surface area contributed by atoms with Gasteiger partial charge in [0, 0.05) is 0 Å². The van der Waals surface area contributed by atoms with Crippen LogP contribution in [0.15, 0.2) is 0 Å². The van der Waals surface area contributed by atoms with E-state index in [0.717, 1.165) is 0 Å². The van der Waals surface area contributed by atoms with E-state index in [4.69, 9.17) is 20.4 Å². The fraction of sp³-hybridized carbons (Fsp3) is 0.500. The van der Waals surface area contributed by atoms with Gasteiger partial charge in [0.2, 0.25) is 0 Å². The number of carbonyl (C=O) groups excluding carboxylic acids is 4. The van der Waals surface area contributed by atoms with E-state index in [2.05, 4.69) is 0 Å². The van der Waals surface area contributed by atoms with E-state index in [-0.39, 0.29) is 21.7 Å². The molecule has 0 saturated carbocycles. The molecule has 0 aliphatic heterocycles. The monoisotopic (exact) mass is 344 g/mol. The molecule has 4 N–H and O–H groups in total. The molecule has 0 aromatic rings. The Morgan fingerprint density at radius 1 is 0.524 bits per heavy atom. The predicted octanol–water partition coefficient (Wildman–Crippen LogP) is -9.59. The van der Waals surface area contributed by atoms with Gasteiger partial charge in [-0.3, -0.25) is 0 Å². The second-order valence-corrected chi connectivity index (χ2v) is 3.06. The number of hydrogen-bond donors (Lipinski definition) is 4. The molecule has 0 saturated heterocycles. The van der Waals surface area contributed by atoms with Gasteiger partial charge in [-0.05, 0) is 0 Å². The van der Waals surface area contributed by atoms with Gasteiger partial charge in [-0.2, -0.15) is 0 Å². The fourth-order valence-electron chi connectivity index (χ4n) is 0.516. The Morgan fingerprint density at radius 3 is 0.667 bits per heavy atom. The van der Waals surface area contributed by atoms with E-state index < -0.39 is 48.3 Å². The van der Waals surface area contributed by atoms with Gasteiger partial charge in [0.15, 0.2) is 0 Å². The first kappa shape index (κ1) is 24.5. The number of carboxylic acids is 4. The van der Waals surface area contributed by atoms with Crippen LogP contribution in [0.3, 0.4) is 0 Å². The van der Waals surface area contributed by atoms with Crippen molar-refractivity contribution < 1.29 is 81.7 Å². The van der Waals surface area contributed by atoms with Crippen molar-refractivity contribution in [3.63, 3.8) is 0 Å². The Bertz CT molecular complexity index is 309. The Hall–Kier alpha value is -1.57. The largest absolute Gasteiger partial charge is 4.00 e. The van der Waals surface area contributed by atoms with Crippen molar-refractivity contribution in [2.24, 2.45) is 0 Å². The zero-order valence-electron chi connectivity index (χ0n) is 9.86. The van der Waals surface area contributed by atoms with E-state index in [1.165, 1.54) is 0 Å². The van der Waals surface area contributed by atoms with Gasteiger partial charge in [0.05, 0.1) is 23.9 Å². The second-order valence-electron chi connectivity index (χ2n) is 3.06. The Kier molecular flexibility index (Phi) is 13.0. The minimum absolute atomic E-state index is 0. The Balaban J connectivity index is -0.000000295. The molecule has 21 heavy (non-hydrogen) atoms. The molecule has 0 fully saturated rings. The molecule has 13 heteroatoms. The molecule has 0 unspecified atom stereocenters. The van der Waals surface area contributed by atoms with E-state index in [1.54, 1.807) is 0 Å². The van der Waals surface area contributed by atoms with Crippen LogP contribution in [0.1, 0.15) is 0 Å². The predicted molar refractivity (Wildman–Crippen MR) is 44.1 cm³/mol. The van der Waals surface area contributed by atoms with E-state index >= 15 is 0 Å². The zero-order valence-corrected chi connectivity index (χ0v) is 11.4. The Morgan fingerprint density at radius 2 is 0.619 bits per heavy atom. The number of carbonyl (C=O) groups is 4. The smallest absolute Gasteiger partial charge is 0.547 e. The van der Waals surface area contributed by atoms with Gasteiger partial charge in [-0.1, -0.05) is 0 Å². The van der Waals surface area contributed by atoms with Crippen molar-refractivity contribution in [2.45, 2.75) is 24.4 Å². The summed E-state index contributed by atoms with van der Waals surface area (Å²) in [6.07, 6.45) is -9.76. The van der Waals surface area contributed by atoms with E-state index in [0.29, 0.717) is 0 Å². The molecular formula is C8H8O12Ti. The second kappa shape index (κ2) is 11.1. The molecule has 0 aromatic heterocycles. The van der Waals surface area contributed by atoms with Crippen molar-refractivity contribution in [1.29, 1.82) is 0 Å². The van der Waals surface area contributed by atoms with Crippen LogP contribution in [0.25, 0.3) is 0 Å². The molecule has 0 rings (SSSR count). The molecule has 0 spiro atoms. The van der Waals surface area contributed by atoms with Crippen molar-refractivity contribution in [2.75, 3.05) is 0 Å². The number of rotatable bonds is 6. The maximum atomic E-state index is 9.63. The summed E-state index contributed by atoms with van der Waals surface area (Å²) in [6, 6.07) is 0. The van der Waals surface area contributed by atoms with Crippen LogP contribution in [-0.4, -0.2) is 68.7 Å². The summed E-state index contributed by atoms with van der Waals surface area (Å²) >= 11 is 0. The molecule has 0 aromatic carbocycles. The molecular weight excluding hydrogens is 336 g/mol. The van der Waals surface area contributed by atoms with E-state index in [1.807, 2.05) is 0 Å². The Labute approximate surface area is 130 Å². The molecule has 0 radical (unpaired) electrons. The fourth-order valence-corrected chi connectivity index (χ4v) is 0.516. The van der Waals surface area contributed by atoms with Crippen molar-refractivity contribution in [1.82, 2.24) is 0 Å². The maximum absolute atomic E-state index is 9.63. The van der Waals surface area contributed by atoms with Gasteiger partial charge >= 0.3 is 21.7 Å². The number of hydrogen-bond acceptors (Lipinski definition) is 12. The molecule has 0 aliphatic carbocycles. The first-order chi connectivity index (χ1) is 8.93. The van der Waals surface area contributed by atoms with E-state index in [9.17, 15) is 39.6 Å². The minimum Gasteiger partial charge on any atom is -0.547 e. The molecule has 12 nitrogen and oxygen atoms in total. The summed E-state index contributed by atoms with van der Waals surface area (Å²) in [5.74, 6) is -8.23. The summed E-state index contributed by atoms with van der Waals surface area (Å²) in [4.78, 5) is 38.5. The number of aliphatic hydroxyl groups is 4. The van der Waals surface area contributed by atoms with Crippen molar-refractivity contribution in [3.05, 3.63) is 0 Å². The summed E-state index contributed by atoms with van der Waals surface area (Å²) in [6.45, 7) is 0. The van der Waals surface area contributed by atoms with Gasteiger partial charge in [0.25, 0.3) is 0 Å². The van der Waals surface area contributed by atoms with Crippen LogP contribution in [0.2, 0.25) is 0 Å². The van der Waals surface area contributed by atoms with Crippen LogP contribution >= 0.6 is 0 Å². The number of carboxylic acid groups (broad SMARTS) is 4. The molecule has 116 valence electrons. The molecule has 0 bridgehead atoms. The first-order valence-corrected chi connectivity index (χ1v) is 4.49. The SMILES string of the molecule is O=C([O-])[C@H](O)[C@@H](O)C(=O)[O-].O=C([O-])[C@H](O)[C@@H](O)C(=O)[O-].[Ti+4]. The molecule has 4 atom stereocenters. The third kappa shape index (κ3) is 9.89. The summed E-state index contributed by atoms with van der Waals surface area (Å²) < 4.78 is 0. The maximum Gasteiger partial charge on any atom is 4.00 e. The third-order valence-electron chi connectivity index (χ3n) is 1.56. The molecule has 0 amide bonds. The van der Waals surface area contributed by atoms with Crippen LogP contribution in [0.5, 0.6) is 0 Å². The van der Waals surface area contributed by atoms with Crippen LogP contribution in [0.4, 0.5) is 0 Å². The molecule has 0 aliphatic rings. The zero-order chi connectivity index (χ0) is 16.6. The van der Waals surface area contributed by atoms with Gasteiger partial charge in [0.1, 0.15) is 24.4 Å². The van der Waals surface area contributed by atoms with Crippen molar-refractivity contribution in [3.8, 4) is 0 Å². The van der Waals surface area contributed by atoms with Crippen molar-refractivity contribution >= 4 is 23.9 Å². The normalized spacial score (nSPS) is 15.0. The van der Waals surface area contributed by atoms with Gasteiger partial charge in [-0.15, -0.1) is 0 Å². The average molecular weight is 344 g/mol. The first-order valence-electron chi connectivity index (χ1n) is 4.49. The minimum atomic E-state index is -2.44. The third-order valence-corrected chi connectivity index (χ3v) is 1.56. The quantitative estimate of drug-likeness (QED) is 0.328. The summed E-state index contributed by atoms with van der Waals surface area (Å²) in [5, 5.41) is 71.5. The number of aliphatic carboxylic acids is 4.